The Morgan fingerprint density at radius 2 is 1.09 bits per heavy atom. The number of rotatable bonds is 5. The number of hydrogen-bond acceptors (Lipinski definition) is 3. The van der Waals surface area contributed by atoms with E-state index in [1.807, 2.05) is 0 Å². The maximum atomic E-state index is 6.41. The van der Waals surface area contributed by atoms with Crippen molar-refractivity contribution in [2.75, 3.05) is 10.2 Å². The predicted molar refractivity (Wildman–Crippen MR) is 221 cm³/mol. The smallest absolute Gasteiger partial charge is 0.135 e. The van der Waals surface area contributed by atoms with E-state index in [1.165, 1.54) is 55.6 Å². The van der Waals surface area contributed by atoms with Gasteiger partial charge in [-0.3, -0.25) is 0 Å². The number of furan rings is 1. The van der Waals surface area contributed by atoms with Crippen molar-refractivity contribution in [1.82, 2.24) is 4.57 Å². The first-order valence-corrected chi connectivity index (χ1v) is 18.1. The van der Waals surface area contributed by atoms with Crippen molar-refractivity contribution in [2.45, 2.75) is 6.42 Å². The predicted octanol–water partition coefficient (Wildman–Crippen LogP) is 13.5. The molecule has 0 aliphatic carbocycles. The Labute approximate surface area is 306 Å². The van der Waals surface area contributed by atoms with Crippen molar-refractivity contribution < 1.29 is 4.42 Å². The van der Waals surface area contributed by atoms with Gasteiger partial charge < -0.3 is 19.2 Å². The van der Waals surface area contributed by atoms with E-state index >= 15 is 0 Å². The minimum absolute atomic E-state index is 0.864. The molecule has 3 heterocycles. The molecule has 0 bridgehead atoms. The fraction of sp³-hybridized carbons (Fsp3) is 0.0204. The van der Waals surface area contributed by atoms with Crippen LogP contribution in [0, 0.1) is 0 Å². The van der Waals surface area contributed by atoms with Gasteiger partial charge in [0.15, 0.2) is 0 Å². The maximum absolute atomic E-state index is 6.41. The lowest BCUT2D eigenvalue weighted by atomic mass is 9.94. The highest BCUT2D eigenvalue weighted by Crippen LogP contribution is 2.46. The highest BCUT2D eigenvalue weighted by atomic mass is 16.3. The standard InChI is InChI=1S/C49H33N3O/c1-2-12-32(13-3-1)38-15-5-8-18-43(38)50-35-22-26-48-41(30-35)42-31-37(24-27-49(42)53-48)51-44-19-9-4-14-33(44)28-34-29-36(23-25-45(34)51)52-46-20-10-6-16-39(46)40-17-7-11-21-47(40)52/h1-27,29-31,50H,28H2. The number of hydrogen-bond donors (Lipinski definition) is 1. The van der Waals surface area contributed by atoms with Crippen LogP contribution in [0.4, 0.5) is 28.4 Å². The van der Waals surface area contributed by atoms with E-state index in [4.69, 9.17) is 4.42 Å². The number of para-hydroxylation sites is 4. The zero-order valence-corrected chi connectivity index (χ0v) is 28.8. The Morgan fingerprint density at radius 1 is 0.453 bits per heavy atom. The highest BCUT2D eigenvalue weighted by molar-refractivity contribution is 6.10. The molecule has 1 N–H and O–H groups in total. The van der Waals surface area contributed by atoms with E-state index in [-0.39, 0.29) is 0 Å². The quantitative estimate of drug-likeness (QED) is 0.197. The van der Waals surface area contributed by atoms with Crippen molar-refractivity contribution in [3.05, 3.63) is 193 Å². The van der Waals surface area contributed by atoms with Crippen LogP contribution in [0.25, 0.3) is 60.6 Å². The first kappa shape index (κ1) is 29.7. The summed E-state index contributed by atoms with van der Waals surface area (Å²) in [5.74, 6) is 0. The Bertz CT molecular complexity index is 2970. The molecule has 8 aromatic carbocycles. The van der Waals surface area contributed by atoms with Crippen LogP contribution < -0.4 is 10.2 Å². The average molecular weight is 680 g/mol. The van der Waals surface area contributed by atoms with Crippen LogP contribution in [0.1, 0.15) is 11.1 Å². The second-order valence-corrected chi connectivity index (χ2v) is 13.9. The van der Waals surface area contributed by atoms with E-state index in [1.54, 1.807) is 0 Å². The van der Waals surface area contributed by atoms with E-state index in [0.29, 0.717) is 0 Å². The number of nitrogens with one attached hydrogen (secondary N) is 1. The monoisotopic (exact) mass is 679 g/mol. The van der Waals surface area contributed by atoms with Crippen LogP contribution in [-0.4, -0.2) is 4.57 Å². The molecule has 1 aliphatic heterocycles. The van der Waals surface area contributed by atoms with Crippen LogP contribution in [0.5, 0.6) is 0 Å². The fourth-order valence-corrected chi connectivity index (χ4v) is 8.36. The molecule has 2 aromatic heterocycles. The summed E-state index contributed by atoms with van der Waals surface area (Å²) in [6.45, 7) is 0. The summed E-state index contributed by atoms with van der Waals surface area (Å²) in [6, 6.07) is 65.1. The van der Waals surface area contributed by atoms with E-state index < -0.39 is 0 Å². The number of aromatic nitrogens is 1. The molecule has 0 fully saturated rings. The van der Waals surface area contributed by atoms with Gasteiger partial charge in [0.05, 0.1) is 11.0 Å². The van der Waals surface area contributed by atoms with Gasteiger partial charge >= 0.3 is 0 Å². The van der Waals surface area contributed by atoms with Gasteiger partial charge in [-0.05, 0) is 95.6 Å². The van der Waals surface area contributed by atoms with Crippen molar-refractivity contribution >= 4 is 72.2 Å². The molecular formula is C49H33N3O. The number of nitrogens with zero attached hydrogens (tertiary/aromatic N) is 2. The molecule has 10 aromatic rings. The van der Waals surface area contributed by atoms with E-state index in [2.05, 4.69) is 197 Å². The molecule has 0 spiro atoms. The fourth-order valence-electron chi connectivity index (χ4n) is 8.36. The minimum atomic E-state index is 0.864. The summed E-state index contributed by atoms with van der Waals surface area (Å²) in [4.78, 5) is 2.42. The van der Waals surface area contributed by atoms with Crippen LogP contribution in [0.3, 0.4) is 0 Å². The second kappa shape index (κ2) is 11.8. The SMILES string of the molecule is c1ccc(-c2ccccc2Nc2ccc3oc4ccc(N5c6ccccc6Cc6cc(-n7c8ccccc8c8ccccc87)ccc65)cc4c3c2)cc1. The van der Waals surface area contributed by atoms with Crippen LogP contribution >= 0.6 is 0 Å². The normalized spacial score (nSPS) is 12.4. The summed E-state index contributed by atoms with van der Waals surface area (Å²) < 4.78 is 8.82. The van der Waals surface area contributed by atoms with Crippen LogP contribution in [-0.2, 0) is 6.42 Å². The molecule has 1 aliphatic rings. The first-order chi connectivity index (χ1) is 26.3. The largest absolute Gasteiger partial charge is 0.456 e. The molecule has 11 rings (SSSR count). The molecule has 0 saturated carbocycles. The molecule has 0 unspecified atom stereocenters. The summed E-state index contributed by atoms with van der Waals surface area (Å²) in [5.41, 5.74) is 15.9. The summed E-state index contributed by atoms with van der Waals surface area (Å²) in [5, 5.41) is 8.41. The molecule has 0 amide bonds. The lowest BCUT2D eigenvalue weighted by Gasteiger charge is -2.34. The topological polar surface area (TPSA) is 33.3 Å². The third-order valence-electron chi connectivity index (χ3n) is 10.8. The van der Waals surface area contributed by atoms with Crippen molar-refractivity contribution in [3.63, 3.8) is 0 Å². The molecule has 0 atom stereocenters. The van der Waals surface area contributed by atoms with Crippen molar-refractivity contribution in [1.29, 1.82) is 0 Å². The van der Waals surface area contributed by atoms with E-state index in [9.17, 15) is 0 Å². The Kier molecular flexibility index (Phi) is 6.58. The van der Waals surface area contributed by atoms with Gasteiger partial charge in [-0.2, -0.15) is 0 Å². The zero-order chi connectivity index (χ0) is 34.9. The van der Waals surface area contributed by atoms with Crippen LogP contribution in [0.2, 0.25) is 0 Å². The number of benzene rings is 8. The third kappa shape index (κ3) is 4.77. The van der Waals surface area contributed by atoms with Gasteiger partial charge in [0.25, 0.3) is 0 Å². The van der Waals surface area contributed by atoms with Crippen molar-refractivity contribution in [2.24, 2.45) is 0 Å². The summed E-state index contributed by atoms with van der Waals surface area (Å²) >= 11 is 0. The maximum Gasteiger partial charge on any atom is 0.135 e. The number of anilines is 5. The van der Waals surface area contributed by atoms with Gasteiger partial charge in [-0.1, -0.05) is 103 Å². The summed E-state index contributed by atoms with van der Waals surface area (Å²) in [6.07, 6.45) is 0.864. The average Bonchev–Trinajstić information content (AvgIpc) is 3.75. The molecule has 0 saturated heterocycles. The lowest BCUT2D eigenvalue weighted by Crippen LogP contribution is -2.18. The van der Waals surface area contributed by atoms with Gasteiger partial charge in [0, 0.05) is 67.7 Å². The molecule has 4 nitrogen and oxygen atoms in total. The Hall–Kier alpha value is -7.04. The second-order valence-electron chi connectivity index (χ2n) is 13.9. The molecule has 4 heteroatoms. The molecule has 250 valence electrons. The molecule has 0 radical (unpaired) electrons. The lowest BCUT2D eigenvalue weighted by molar-refractivity contribution is 0.669. The van der Waals surface area contributed by atoms with Gasteiger partial charge in [-0.15, -0.1) is 0 Å². The van der Waals surface area contributed by atoms with Crippen LogP contribution in [0.15, 0.2) is 186 Å². The van der Waals surface area contributed by atoms with Gasteiger partial charge in [-0.25, -0.2) is 0 Å². The Balaban J connectivity index is 1.03. The number of fused-ring (bicyclic) bond motifs is 8. The first-order valence-electron chi connectivity index (χ1n) is 18.1. The van der Waals surface area contributed by atoms with Gasteiger partial charge in [0.1, 0.15) is 11.2 Å². The molecule has 53 heavy (non-hydrogen) atoms. The minimum Gasteiger partial charge on any atom is -0.456 e. The van der Waals surface area contributed by atoms with Crippen molar-refractivity contribution in [3.8, 4) is 16.8 Å². The highest BCUT2D eigenvalue weighted by Gasteiger charge is 2.26. The van der Waals surface area contributed by atoms with E-state index in [0.717, 1.165) is 51.0 Å². The third-order valence-corrected chi connectivity index (χ3v) is 10.8. The Morgan fingerprint density at radius 3 is 1.92 bits per heavy atom. The summed E-state index contributed by atoms with van der Waals surface area (Å²) in [7, 11) is 0. The van der Waals surface area contributed by atoms with Gasteiger partial charge in [0.2, 0.25) is 0 Å². The zero-order valence-electron chi connectivity index (χ0n) is 28.8. The molecular weight excluding hydrogens is 647 g/mol.